The van der Waals surface area contributed by atoms with Gasteiger partial charge in [0.25, 0.3) is 5.91 Å². The van der Waals surface area contributed by atoms with Crippen LogP contribution in [0.1, 0.15) is 10.9 Å². The van der Waals surface area contributed by atoms with E-state index < -0.39 is 5.25 Å². The first kappa shape index (κ1) is 16.1. The fraction of sp³-hybridized carbons (Fsp3) is 0.105. The lowest BCUT2D eigenvalue weighted by Crippen LogP contribution is -2.29. The summed E-state index contributed by atoms with van der Waals surface area (Å²) >= 11 is 6.81. The molecule has 124 valence electrons. The monoisotopic (exact) mass is 366 g/mol. The zero-order valence-electron chi connectivity index (χ0n) is 13.4. The van der Waals surface area contributed by atoms with Crippen molar-refractivity contribution in [2.45, 2.75) is 5.25 Å². The van der Waals surface area contributed by atoms with Crippen molar-refractivity contribution in [2.24, 2.45) is 0 Å². The molecule has 0 spiro atoms. The maximum absolute atomic E-state index is 13.0. The number of anilines is 1. The van der Waals surface area contributed by atoms with Crippen molar-refractivity contribution >= 4 is 50.8 Å². The van der Waals surface area contributed by atoms with Gasteiger partial charge in [-0.15, -0.1) is 0 Å². The number of benzene rings is 2. The van der Waals surface area contributed by atoms with Gasteiger partial charge < -0.3 is 4.74 Å². The Kier molecular flexibility index (Phi) is 4.15. The third-order valence-corrected chi connectivity index (χ3v) is 5.60. The van der Waals surface area contributed by atoms with E-state index in [-0.39, 0.29) is 5.91 Å². The molecule has 25 heavy (non-hydrogen) atoms. The van der Waals surface area contributed by atoms with E-state index in [4.69, 9.17) is 17.0 Å². The molecule has 0 bridgehead atoms. The van der Waals surface area contributed by atoms with E-state index in [0.717, 1.165) is 28.0 Å². The number of aromatic nitrogens is 1. The predicted octanol–water partition coefficient (Wildman–Crippen LogP) is 4.35. The minimum Gasteiger partial charge on any atom is -0.497 e. The van der Waals surface area contributed by atoms with E-state index in [1.54, 1.807) is 12.0 Å². The Labute approximate surface area is 154 Å². The summed E-state index contributed by atoms with van der Waals surface area (Å²) in [5.41, 5.74) is 2.35. The molecule has 0 N–H and O–H groups in total. The summed E-state index contributed by atoms with van der Waals surface area (Å²) in [6.07, 6.45) is 0. The van der Waals surface area contributed by atoms with Crippen LogP contribution in [-0.4, -0.2) is 22.3 Å². The lowest BCUT2D eigenvalue weighted by molar-refractivity contribution is -0.117. The number of nitrogens with zero attached hydrogens (tertiary/aromatic N) is 2. The lowest BCUT2D eigenvalue weighted by Gasteiger charge is -2.16. The first-order valence-corrected chi connectivity index (χ1v) is 9.00. The highest BCUT2D eigenvalue weighted by atomic mass is 32.2. The lowest BCUT2D eigenvalue weighted by atomic mass is 10.1. The summed E-state index contributed by atoms with van der Waals surface area (Å²) in [7, 11) is 1.61. The third kappa shape index (κ3) is 2.88. The van der Waals surface area contributed by atoms with Gasteiger partial charge in [-0.25, -0.2) is 0 Å². The number of amides is 1. The highest BCUT2D eigenvalue weighted by molar-refractivity contribution is 8.24. The van der Waals surface area contributed by atoms with Crippen molar-refractivity contribution in [3.63, 3.8) is 0 Å². The summed E-state index contributed by atoms with van der Waals surface area (Å²) in [6, 6.07) is 19.1. The molecule has 4 nitrogen and oxygen atoms in total. The number of methoxy groups -OCH3 is 1. The number of pyridine rings is 1. The van der Waals surface area contributed by atoms with Gasteiger partial charge in [-0.3, -0.25) is 14.7 Å². The number of ether oxygens (including phenoxy) is 1. The fourth-order valence-electron chi connectivity index (χ4n) is 2.79. The van der Waals surface area contributed by atoms with Crippen molar-refractivity contribution in [1.29, 1.82) is 0 Å². The molecule has 1 saturated heterocycles. The van der Waals surface area contributed by atoms with Crippen LogP contribution in [0.15, 0.2) is 60.7 Å². The van der Waals surface area contributed by atoms with Crippen LogP contribution in [0.3, 0.4) is 0 Å². The quantitative estimate of drug-likeness (QED) is 0.645. The highest BCUT2D eigenvalue weighted by Crippen LogP contribution is 2.41. The number of carbonyl (C=O) groups is 1. The number of hydrogen-bond acceptors (Lipinski definition) is 5. The van der Waals surface area contributed by atoms with E-state index in [0.29, 0.717) is 4.32 Å². The van der Waals surface area contributed by atoms with Gasteiger partial charge >= 0.3 is 0 Å². The molecule has 6 heteroatoms. The largest absolute Gasteiger partial charge is 0.497 e. The van der Waals surface area contributed by atoms with E-state index >= 15 is 0 Å². The molecule has 0 radical (unpaired) electrons. The van der Waals surface area contributed by atoms with Gasteiger partial charge in [0, 0.05) is 5.39 Å². The smallest absolute Gasteiger partial charge is 0.252 e. The Morgan fingerprint density at radius 3 is 2.60 bits per heavy atom. The molecule has 1 amide bonds. The Hall–Kier alpha value is -2.44. The molecule has 0 saturated carbocycles. The van der Waals surface area contributed by atoms with Crippen molar-refractivity contribution in [2.75, 3.05) is 12.0 Å². The van der Waals surface area contributed by atoms with Crippen LogP contribution >= 0.6 is 24.0 Å². The normalized spacial score (nSPS) is 17.3. The van der Waals surface area contributed by atoms with Crippen molar-refractivity contribution in [3.8, 4) is 5.75 Å². The molecule has 0 aliphatic carbocycles. The third-order valence-electron chi connectivity index (χ3n) is 4.07. The van der Waals surface area contributed by atoms with Gasteiger partial charge in [-0.2, -0.15) is 0 Å². The summed E-state index contributed by atoms with van der Waals surface area (Å²) in [4.78, 5) is 19.2. The number of rotatable bonds is 3. The summed E-state index contributed by atoms with van der Waals surface area (Å²) < 4.78 is 5.70. The maximum atomic E-state index is 13.0. The number of thioether (sulfide) groups is 1. The predicted molar refractivity (Wildman–Crippen MR) is 105 cm³/mol. The number of para-hydroxylation sites is 1. The standard InChI is InChI=1S/C19H14N2O2S2/c1-23-14-9-7-13(8-10-14)21-18(22)17(25-19(21)24)16-11-6-12-4-2-3-5-15(12)20-16/h2-11,17H,1H3. The molecule has 3 aromatic rings. The van der Waals surface area contributed by atoms with Crippen molar-refractivity contribution in [3.05, 3.63) is 66.4 Å². The van der Waals surface area contributed by atoms with Gasteiger partial charge in [0.15, 0.2) is 0 Å². The number of hydrogen-bond donors (Lipinski definition) is 0. The van der Waals surface area contributed by atoms with Crippen molar-refractivity contribution < 1.29 is 9.53 Å². The van der Waals surface area contributed by atoms with Crippen LogP contribution in [0.25, 0.3) is 10.9 Å². The van der Waals surface area contributed by atoms with Gasteiger partial charge in [0.2, 0.25) is 0 Å². The minimum atomic E-state index is -0.417. The second-order valence-corrected chi connectivity index (χ2v) is 7.30. The molecular weight excluding hydrogens is 352 g/mol. The zero-order chi connectivity index (χ0) is 17.4. The Morgan fingerprint density at radius 2 is 1.84 bits per heavy atom. The molecule has 1 aliphatic rings. The summed E-state index contributed by atoms with van der Waals surface area (Å²) in [6.45, 7) is 0. The topological polar surface area (TPSA) is 42.4 Å². The molecule has 4 rings (SSSR count). The van der Waals surface area contributed by atoms with Gasteiger partial charge in [-0.05, 0) is 36.4 Å². The second-order valence-electron chi connectivity index (χ2n) is 5.56. The van der Waals surface area contributed by atoms with E-state index in [1.165, 1.54) is 11.8 Å². The molecule has 1 fully saturated rings. The van der Waals surface area contributed by atoms with E-state index in [9.17, 15) is 4.79 Å². The Balaban J connectivity index is 1.67. The van der Waals surface area contributed by atoms with Crippen LogP contribution in [-0.2, 0) is 4.79 Å². The van der Waals surface area contributed by atoms with E-state index in [2.05, 4.69) is 4.98 Å². The molecule has 2 heterocycles. The number of fused-ring (bicyclic) bond motifs is 1. The fourth-order valence-corrected chi connectivity index (χ4v) is 4.23. The molecule has 1 atom stereocenters. The van der Waals surface area contributed by atoms with Gasteiger partial charge in [0.05, 0.1) is 24.0 Å². The molecule has 1 aromatic heterocycles. The van der Waals surface area contributed by atoms with Crippen molar-refractivity contribution in [1.82, 2.24) is 4.98 Å². The molecule has 1 unspecified atom stereocenters. The van der Waals surface area contributed by atoms with Crippen LogP contribution in [0.4, 0.5) is 5.69 Å². The molecular formula is C19H14N2O2S2. The Morgan fingerprint density at radius 1 is 1.08 bits per heavy atom. The average molecular weight is 366 g/mol. The maximum Gasteiger partial charge on any atom is 0.252 e. The summed E-state index contributed by atoms with van der Waals surface area (Å²) in [5, 5.41) is 0.635. The van der Waals surface area contributed by atoms with E-state index in [1.807, 2.05) is 60.7 Å². The zero-order valence-corrected chi connectivity index (χ0v) is 15.0. The molecule has 2 aromatic carbocycles. The van der Waals surface area contributed by atoms with Crippen LogP contribution in [0.2, 0.25) is 0 Å². The van der Waals surface area contributed by atoms with Gasteiger partial charge in [0.1, 0.15) is 15.3 Å². The van der Waals surface area contributed by atoms with Crippen LogP contribution in [0.5, 0.6) is 5.75 Å². The summed E-state index contributed by atoms with van der Waals surface area (Å²) in [5.74, 6) is 0.671. The number of thiocarbonyl (C=S) groups is 1. The number of carbonyl (C=O) groups excluding carboxylic acids is 1. The highest BCUT2D eigenvalue weighted by Gasteiger charge is 2.39. The van der Waals surface area contributed by atoms with Gasteiger partial charge in [-0.1, -0.05) is 48.2 Å². The molecule has 1 aliphatic heterocycles. The first-order chi connectivity index (χ1) is 12.2. The SMILES string of the molecule is COc1ccc(N2C(=O)C(c3ccc4ccccc4n3)SC2=S)cc1. The average Bonchev–Trinajstić information content (AvgIpc) is 2.96. The second kappa shape index (κ2) is 6.46. The first-order valence-electron chi connectivity index (χ1n) is 7.72. The minimum absolute atomic E-state index is 0.0667. The van der Waals surface area contributed by atoms with Crippen LogP contribution in [0, 0.1) is 0 Å². The van der Waals surface area contributed by atoms with Crippen LogP contribution < -0.4 is 9.64 Å². The Bertz CT molecular complexity index is 973.